The first-order valence-corrected chi connectivity index (χ1v) is 8.53. The van der Waals surface area contributed by atoms with Gasteiger partial charge in [0, 0.05) is 11.6 Å². The van der Waals surface area contributed by atoms with Crippen LogP contribution in [0.25, 0.3) is 0 Å². The molecule has 0 aromatic carbocycles. The lowest BCUT2D eigenvalue weighted by Crippen LogP contribution is -2.54. The summed E-state index contributed by atoms with van der Waals surface area (Å²) in [4.78, 5) is 4.68. The van der Waals surface area contributed by atoms with E-state index in [0.29, 0.717) is 11.3 Å². The van der Waals surface area contributed by atoms with Gasteiger partial charge < -0.3 is 5.32 Å². The molecule has 0 bridgehead atoms. The second-order valence-electron chi connectivity index (χ2n) is 6.90. The highest BCUT2D eigenvalue weighted by Gasteiger charge is 2.48. The number of thiazole rings is 1. The van der Waals surface area contributed by atoms with Crippen molar-refractivity contribution in [2.45, 2.75) is 65.3 Å². The van der Waals surface area contributed by atoms with Crippen LogP contribution in [-0.4, -0.2) is 11.5 Å². The SMILES string of the molecule is CCCNC1(c2nccs2)CCCCC1C(C)(C)C. The molecule has 1 fully saturated rings. The highest BCUT2D eigenvalue weighted by molar-refractivity contribution is 7.09. The summed E-state index contributed by atoms with van der Waals surface area (Å²) in [5, 5.41) is 7.32. The average Bonchev–Trinajstić information content (AvgIpc) is 2.90. The van der Waals surface area contributed by atoms with Gasteiger partial charge in [-0.05, 0) is 37.1 Å². The van der Waals surface area contributed by atoms with Crippen molar-refractivity contribution in [3.63, 3.8) is 0 Å². The van der Waals surface area contributed by atoms with Crippen LogP contribution in [0.3, 0.4) is 0 Å². The predicted octanol–water partition coefficient (Wildman–Crippen LogP) is 4.57. The molecule has 2 rings (SSSR count). The van der Waals surface area contributed by atoms with Gasteiger partial charge in [-0.3, -0.25) is 0 Å². The van der Waals surface area contributed by atoms with Gasteiger partial charge in [0.25, 0.3) is 0 Å². The third kappa shape index (κ3) is 3.03. The minimum Gasteiger partial charge on any atom is -0.305 e. The van der Waals surface area contributed by atoms with E-state index >= 15 is 0 Å². The molecule has 108 valence electrons. The van der Waals surface area contributed by atoms with Gasteiger partial charge in [0.1, 0.15) is 5.01 Å². The van der Waals surface area contributed by atoms with Crippen molar-refractivity contribution in [1.29, 1.82) is 0 Å². The van der Waals surface area contributed by atoms with Crippen molar-refractivity contribution in [3.8, 4) is 0 Å². The van der Waals surface area contributed by atoms with Gasteiger partial charge in [-0.2, -0.15) is 0 Å². The number of nitrogens with zero attached hydrogens (tertiary/aromatic N) is 1. The van der Waals surface area contributed by atoms with Crippen LogP contribution >= 0.6 is 11.3 Å². The average molecular weight is 280 g/mol. The van der Waals surface area contributed by atoms with Crippen LogP contribution in [0.15, 0.2) is 11.6 Å². The zero-order valence-corrected chi connectivity index (χ0v) is 13.6. The molecule has 3 heteroatoms. The van der Waals surface area contributed by atoms with Crippen LogP contribution in [0.2, 0.25) is 0 Å². The second-order valence-corrected chi connectivity index (χ2v) is 7.79. The summed E-state index contributed by atoms with van der Waals surface area (Å²) in [5.41, 5.74) is 0.438. The first-order valence-electron chi connectivity index (χ1n) is 7.65. The largest absolute Gasteiger partial charge is 0.305 e. The Morgan fingerprint density at radius 1 is 1.42 bits per heavy atom. The van der Waals surface area contributed by atoms with Gasteiger partial charge in [-0.1, -0.05) is 40.5 Å². The fraction of sp³-hybridized carbons (Fsp3) is 0.812. The Balaban J connectivity index is 2.38. The van der Waals surface area contributed by atoms with Crippen LogP contribution in [-0.2, 0) is 5.54 Å². The zero-order valence-electron chi connectivity index (χ0n) is 12.8. The number of hydrogen-bond acceptors (Lipinski definition) is 3. The van der Waals surface area contributed by atoms with Crippen molar-refractivity contribution in [3.05, 3.63) is 16.6 Å². The Kier molecular flexibility index (Phi) is 4.67. The minimum atomic E-state index is 0.112. The molecular weight excluding hydrogens is 252 g/mol. The normalized spacial score (nSPS) is 28.5. The van der Waals surface area contributed by atoms with Crippen molar-refractivity contribution in [1.82, 2.24) is 10.3 Å². The molecule has 1 N–H and O–H groups in total. The summed E-state index contributed by atoms with van der Waals surface area (Å²) < 4.78 is 0. The summed E-state index contributed by atoms with van der Waals surface area (Å²) in [5.74, 6) is 0.673. The number of rotatable bonds is 4. The quantitative estimate of drug-likeness (QED) is 0.873. The van der Waals surface area contributed by atoms with Crippen LogP contribution < -0.4 is 5.32 Å². The molecule has 2 atom stereocenters. The van der Waals surface area contributed by atoms with Crippen LogP contribution in [0.5, 0.6) is 0 Å². The minimum absolute atomic E-state index is 0.112. The molecule has 1 saturated carbocycles. The van der Waals surface area contributed by atoms with Crippen molar-refractivity contribution in [2.75, 3.05) is 6.54 Å². The summed E-state index contributed by atoms with van der Waals surface area (Å²) in [7, 11) is 0. The molecule has 1 heterocycles. The van der Waals surface area contributed by atoms with E-state index in [-0.39, 0.29) is 5.54 Å². The molecule has 0 amide bonds. The first-order chi connectivity index (χ1) is 9.00. The molecule has 1 aliphatic carbocycles. The molecule has 1 aromatic heterocycles. The molecule has 0 saturated heterocycles. The lowest BCUT2D eigenvalue weighted by atomic mass is 9.62. The Labute approximate surface area is 122 Å². The van der Waals surface area contributed by atoms with Crippen molar-refractivity contribution < 1.29 is 0 Å². The standard InChI is InChI=1S/C16H28N2S/c1-5-10-18-16(14-17-11-12-19-14)9-7-6-8-13(16)15(2,3)4/h11-13,18H,5-10H2,1-4H3. The number of nitrogens with one attached hydrogen (secondary N) is 1. The van der Waals surface area contributed by atoms with E-state index in [1.54, 1.807) is 0 Å². The molecule has 19 heavy (non-hydrogen) atoms. The smallest absolute Gasteiger partial charge is 0.113 e. The van der Waals surface area contributed by atoms with E-state index in [1.807, 2.05) is 17.5 Å². The van der Waals surface area contributed by atoms with Crippen molar-refractivity contribution in [2.24, 2.45) is 11.3 Å². The van der Waals surface area contributed by atoms with E-state index in [2.05, 4.69) is 43.4 Å². The third-order valence-corrected chi connectivity index (χ3v) is 5.41. The van der Waals surface area contributed by atoms with Crippen LogP contribution in [0, 0.1) is 11.3 Å². The van der Waals surface area contributed by atoms with E-state index in [9.17, 15) is 0 Å². The molecule has 0 radical (unpaired) electrons. The summed E-state index contributed by atoms with van der Waals surface area (Å²) >= 11 is 1.82. The monoisotopic (exact) mass is 280 g/mol. The molecule has 2 unspecified atom stereocenters. The Bertz CT molecular complexity index is 380. The topological polar surface area (TPSA) is 24.9 Å². The Morgan fingerprint density at radius 3 is 2.79 bits per heavy atom. The predicted molar refractivity (Wildman–Crippen MR) is 83.5 cm³/mol. The highest BCUT2D eigenvalue weighted by Crippen LogP contribution is 2.50. The fourth-order valence-electron chi connectivity index (χ4n) is 3.68. The van der Waals surface area contributed by atoms with E-state index in [1.165, 1.54) is 37.1 Å². The molecule has 0 spiro atoms. The van der Waals surface area contributed by atoms with Gasteiger partial charge in [0.05, 0.1) is 5.54 Å². The number of hydrogen-bond donors (Lipinski definition) is 1. The van der Waals surface area contributed by atoms with E-state index in [0.717, 1.165) is 6.54 Å². The molecule has 0 aliphatic heterocycles. The first kappa shape index (κ1) is 15.0. The molecule has 2 nitrogen and oxygen atoms in total. The van der Waals surface area contributed by atoms with Gasteiger partial charge in [0.15, 0.2) is 0 Å². The lowest BCUT2D eigenvalue weighted by molar-refractivity contribution is 0.0478. The fourth-order valence-corrected chi connectivity index (χ4v) is 4.58. The van der Waals surface area contributed by atoms with Gasteiger partial charge in [-0.25, -0.2) is 4.98 Å². The van der Waals surface area contributed by atoms with Gasteiger partial charge in [0.2, 0.25) is 0 Å². The van der Waals surface area contributed by atoms with Crippen molar-refractivity contribution >= 4 is 11.3 Å². The summed E-state index contributed by atoms with van der Waals surface area (Å²) in [6.07, 6.45) is 8.39. The molecular formula is C16H28N2S. The zero-order chi connectivity index (χ0) is 13.9. The summed E-state index contributed by atoms with van der Waals surface area (Å²) in [6.45, 7) is 10.5. The lowest BCUT2D eigenvalue weighted by Gasteiger charge is -2.49. The van der Waals surface area contributed by atoms with E-state index in [4.69, 9.17) is 0 Å². The maximum absolute atomic E-state index is 4.68. The Morgan fingerprint density at radius 2 is 2.21 bits per heavy atom. The maximum Gasteiger partial charge on any atom is 0.113 e. The molecule has 1 aromatic rings. The molecule has 1 aliphatic rings. The second kappa shape index (κ2) is 5.92. The third-order valence-electron chi connectivity index (χ3n) is 4.46. The summed E-state index contributed by atoms with van der Waals surface area (Å²) in [6, 6.07) is 0. The number of aromatic nitrogens is 1. The van der Waals surface area contributed by atoms with Gasteiger partial charge >= 0.3 is 0 Å². The Hall–Kier alpha value is -0.410. The highest BCUT2D eigenvalue weighted by atomic mass is 32.1. The van der Waals surface area contributed by atoms with Crippen LogP contribution in [0.1, 0.15) is 64.8 Å². The van der Waals surface area contributed by atoms with Gasteiger partial charge in [-0.15, -0.1) is 11.3 Å². The van der Waals surface area contributed by atoms with E-state index < -0.39 is 0 Å². The van der Waals surface area contributed by atoms with Crippen LogP contribution in [0.4, 0.5) is 0 Å². The maximum atomic E-state index is 4.68.